The third-order valence-electron chi connectivity index (χ3n) is 4.50. The molecule has 1 saturated carbocycles. The summed E-state index contributed by atoms with van der Waals surface area (Å²) in [4.78, 5) is 23.7. The molecule has 132 valence electrons. The van der Waals surface area contributed by atoms with Gasteiger partial charge in [0.15, 0.2) is 0 Å². The molecule has 0 heterocycles. The molecule has 2 rings (SSSR count). The number of amides is 2. The van der Waals surface area contributed by atoms with Crippen LogP contribution in [0, 0.1) is 17.6 Å². The van der Waals surface area contributed by atoms with Crippen LogP contribution in [-0.2, 0) is 4.79 Å². The molecule has 24 heavy (non-hydrogen) atoms. The highest BCUT2D eigenvalue weighted by molar-refractivity contribution is 5.94. The summed E-state index contributed by atoms with van der Waals surface area (Å²) < 4.78 is 26.3. The number of hydrogen-bond donors (Lipinski definition) is 2. The lowest BCUT2D eigenvalue weighted by Crippen LogP contribution is -2.41. The molecule has 1 aromatic rings. The first-order valence-electron chi connectivity index (χ1n) is 8.50. The van der Waals surface area contributed by atoms with Crippen molar-refractivity contribution in [1.29, 1.82) is 0 Å². The number of carbonyl (C=O) groups excluding carboxylic acids is 2. The highest BCUT2D eigenvalue weighted by Crippen LogP contribution is 2.23. The van der Waals surface area contributed by atoms with E-state index in [0.717, 1.165) is 31.4 Å². The van der Waals surface area contributed by atoms with Crippen LogP contribution in [0.2, 0.25) is 0 Å². The van der Waals surface area contributed by atoms with E-state index in [4.69, 9.17) is 0 Å². The normalized spacial score (nSPS) is 20.5. The van der Waals surface area contributed by atoms with Gasteiger partial charge in [-0.1, -0.05) is 19.8 Å². The average Bonchev–Trinajstić information content (AvgIpc) is 2.53. The molecule has 1 aromatic carbocycles. The molecule has 2 atom stereocenters. The Morgan fingerprint density at radius 2 is 1.96 bits per heavy atom. The molecule has 2 N–H and O–H groups in total. The summed E-state index contributed by atoms with van der Waals surface area (Å²) in [5.41, 5.74) is -0.197. The predicted octanol–water partition coefficient (Wildman–Crippen LogP) is 3.17. The molecule has 0 bridgehead atoms. The van der Waals surface area contributed by atoms with Crippen LogP contribution >= 0.6 is 0 Å². The van der Waals surface area contributed by atoms with E-state index in [1.807, 2.05) is 0 Å². The van der Waals surface area contributed by atoms with Crippen molar-refractivity contribution in [2.45, 2.75) is 51.5 Å². The van der Waals surface area contributed by atoms with E-state index in [0.29, 0.717) is 24.8 Å². The maximum Gasteiger partial charge on any atom is 0.254 e. The van der Waals surface area contributed by atoms with E-state index < -0.39 is 17.5 Å². The Morgan fingerprint density at radius 3 is 2.67 bits per heavy atom. The molecule has 6 heteroatoms. The molecular formula is C18H24F2N2O2. The van der Waals surface area contributed by atoms with Crippen LogP contribution < -0.4 is 10.6 Å². The van der Waals surface area contributed by atoms with Gasteiger partial charge in [0.1, 0.15) is 11.6 Å². The van der Waals surface area contributed by atoms with Crippen molar-refractivity contribution < 1.29 is 18.4 Å². The summed E-state index contributed by atoms with van der Waals surface area (Å²) in [6.45, 7) is 2.42. The van der Waals surface area contributed by atoms with Gasteiger partial charge in [-0.25, -0.2) is 8.78 Å². The van der Waals surface area contributed by atoms with Gasteiger partial charge in [-0.15, -0.1) is 0 Å². The Bertz CT molecular complexity index is 592. The van der Waals surface area contributed by atoms with Gasteiger partial charge in [-0.3, -0.25) is 9.59 Å². The first-order valence-corrected chi connectivity index (χ1v) is 8.50. The standard InChI is InChI=1S/C18H24F2N2O2/c1-12-5-2-3-6-16(12)22-17(23)7-4-10-21-18(24)14-9-8-13(19)11-15(14)20/h8-9,11-12,16H,2-7,10H2,1H3,(H,21,24)(H,22,23). The zero-order valence-corrected chi connectivity index (χ0v) is 13.9. The second kappa shape index (κ2) is 8.76. The van der Waals surface area contributed by atoms with Gasteiger partial charge >= 0.3 is 0 Å². The second-order valence-electron chi connectivity index (χ2n) is 6.42. The lowest BCUT2D eigenvalue weighted by Gasteiger charge is -2.29. The molecule has 1 aliphatic carbocycles. The molecule has 2 unspecified atom stereocenters. The minimum atomic E-state index is -0.892. The molecule has 1 fully saturated rings. The van der Waals surface area contributed by atoms with Gasteiger partial charge < -0.3 is 10.6 Å². The van der Waals surface area contributed by atoms with Gasteiger partial charge in [0.05, 0.1) is 5.56 Å². The van der Waals surface area contributed by atoms with E-state index in [1.165, 1.54) is 6.42 Å². The lowest BCUT2D eigenvalue weighted by atomic mass is 9.86. The van der Waals surface area contributed by atoms with Crippen molar-refractivity contribution in [1.82, 2.24) is 10.6 Å². The Hall–Kier alpha value is -1.98. The topological polar surface area (TPSA) is 58.2 Å². The third-order valence-corrected chi connectivity index (χ3v) is 4.50. The van der Waals surface area contributed by atoms with Crippen LogP contribution in [0.5, 0.6) is 0 Å². The Morgan fingerprint density at radius 1 is 1.21 bits per heavy atom. The minimum absolute atomic E-state index is 0.0176. The number of hydrogen-bond acceptors (Lipinski definition) is 2. The molecule has 0 saturated heterocycles. The smallest absolute Gasteiger partial charge is 0.254 e. The number of carbonyl (C=O) groups is 2. The second-order valence-corrected chi connectivity index (χ2v) is 6.42. The van der Waals surface area contributed by atoms with Gasteiger partial charge in [-0.05, 0) is 37.3 Å². The van der Waals surface area contributed by atoms with Crippen molar-refractivity contribution >= 4 is 11.8 Å². The van der Waals surface area contributed by atoms with Gasteiger partial charge in [0.25, 0.3) is 5.91 Å². The minimum Gasteiger partial charge on any atom is -0.353 e. The zero-order chi connectivity index (χ0) is 17.5. The highest BCUT2D eigenvalue weighted by atomic mass is 19.1. The van der Waals surface area contributed by atoms with E-state index in [2.05, 4.69) is 17.6 Å². The van der Waals surface area contributed by atoms with Crippen LogP contribution in [0.3, 0.4) is 0 Å². The van der Waals surface area contributed by atoms with Gasteiger partial charge in [0, 0.05) is 25.1 Å². The predicted molar refractivity (Wildman–Crippen MR) is 87.5 cm³/mol. The van der Waals surface area contributed by atoms with Gasteiger partial charge in [-0.2, -0.15) is 0 Å². The van der Waals surface area contributed by atoms with Gasteiger partial charge in [0.2, 0.25) is 5.91 Å². The van der Waals surface area contributed by atoms with Crippen LogP contribution in [0.25, 0.3) is 0 Å². The zero-order valence-electron chi connectivity index (χ0n) is 13.9. The molecular weight excluding hydrogens is 314 g/mol. The maximum absolute atomic E-state index is 13.5. The summed E-state index contributed by atoms with van der Waals surface area (Å²) in [6.07, 6.45) is 5.32. The third kappa shape index (κ3) is 5.28. The summed E-state index contributed by atoms with van der Waals surface area (Å²) in [5.74, 6) is -1.73. The quantitative estimate of drug-likeness (QED) is 0.783. The van der Waals surface area contributed by atoms with Crippen LogP contribution in [0.15, 0.2) is 18.2 Å². The molecule has 4 nitrogen and oxygen atoms in total. The fourth-order valence-electron chi connectivity index (χ4n) is 3.03. The van der Waals surface area contributed by atoms with Crippen LogP contribution in [0.4, 0.5) is 8.78 Å². The first-order chi connectivity index (χ1) is 11.5. The first kappa shape index (κ1) is 18.4. The van der Waals surface area contributed by atoms with E-state index >= 15 is 0 Å². The molecule has 0 radical (unpaired) electrons. The summed E-state index contributed by atoms with van der Waals surface area (Å²) in [5, 5.41) is 5.60. The number of halogens is 2. The fourth-order valence-corrected chi connectivity index (χ4v) is 3.03. The highest BCUT2D eigenvalue weighted by Gasteiger charge is 2.22. The fraction of sp³-hybridized carbons (Fsp3) is 0.556. The van der Waals surface area contributed by atoms with Crippen LogP contribution in [0.1, 0.15) is 55.8 Å². The van der Waals surface area contributed by atoms with Crippen molar-refractivity contribution in [2.24, 2.45) is 5.92 Å². The van der Waals surface area contributed by atoms with Crippen LogP contribution in [-0.4, -0.2) is 24.4 Å². The summed E-state index contributed by atoms with van der Waals surface area (Å²) >= 11 is 0. The number of benzene rings is 1. The Kier molecular flexibility index (Phi) is 6.70. The molecule has 0 spiro atoms. The average molecular weight is 338 g/mol. The largest absolute Gasteiger partial charge is 0.353 e. The van der Waals surface area contributed by atoms with Crippen molar-refractivity contribution in [2.75, 3.05) is 6.54 Å². The monoisotopic (exact) mass is 338 g/mol. The van der Waals surface area contributed by atoms with E-state index in [1.54, 1.807) is 0 Å². The summed E-state index contributed by atoms with van der Waals surface area (Å²) in [7, 11) is 0. The molecule has 2 amide bonds. The molecule has 0 aromatic heterocycles. The summed E-state index contributed by atoms with van der Waals surface area (Å²) in [6, 6.07) is 3.07. The van der Waals surface area contributed by atoms with Crippen molar-refractivity contribution in [3.8, 4) is 0 Å². The maximum atomic E-state index is 13.5. The number of nitrogens with one attached hydrogen (secondary N) is 2. The lowest BCUT2D eigenvalue weighted by molar-refractivity contribution is -0.122. The molecule has 0 aliphatic heterocycles. The Labute approximate surface area is 141 Å². The SMILES string of the molecule is CC1CCCCC1NC(=O)CCCNC(=O)c1ccc(F)cc1F. The Balaban J connectivity index is 1.68. The molecule has 1 aliphatic rings. The van der Waals surface area contributed by atoms with Crippen molar-refractivity contribution in [3.63, 3.8) is 0 Å². The number of rotatable bonds is 6. The van der Waals surface area contributed by atoms with E-state index in [-0.39, 0.29) is 24.1 Å². The van der Waals surface area contributed by atoms with E-state index in [9.17, 15) is 18.4 Å². The van der Waals surface area contributed by atoms with Crippen molar-refractivity contribution in [3.05, 3.63) is 35.4 Å².